The van der Waals surface area contributed by atoms with Crippen molar-refractivity contribution in [2.24, 2.45) is 5.92 Å². The number of carbonyl (C=O) groups is 1. The molecule has 0 aliphatic carbocycles. The van der Waals surface area contributed by atoms with Crippen LogP contribution in [0.5, 0.6) is 0 Å². The predicted molar refractivity (Wildman–Crippen MR) is 98.8 cm³/mol. The highest BCUT2D eigenvalue weighted by atomic mass is 16.3. The molecule has 0 radical (unpaired) electrons. The molecule has 4 heterocycles. The summed E-state index contributed by atoms with van der Waals surface area (Å²) in [7, 11) is 0. The Kier molecular flexibility index (Phi) is 4.85. The molecule has 0 saturated carbocycles. The summed E-state index contributed by atoms with van der Waals surface area (Å²) in [4.78, 5) is 17.9. The molecule has 0 N–H and O–H groups in total. The molecular weight excluding hydrogens is 328 g/mol. The molecular formula is C20H28N4O2. The molecule has 0 bridgehead atoms. The van der Waals surface area contributed by atoms with Gasteiger partial charge in [0.25, 0.3) is 5.91 Å². The fourth-order valence-electron chi connectivity index (χ4n) is 4.16. The predicted octanol–water partition coefficient (Wildman–Crippen LogP) is 2.93. The first-order chi connectivity index (χ1) is 12.6. The van der Waals surface area contributed by atoms with Crippen LogP contribution in [0.1, 0.15) is 48.0 Å². The van der Waals surface area contributed by atoms with Crippen molar-refractivity contribution < 1.29 is 9.21 Å². The van der Waals surface area contributed by atoms with Gasteiger partial charge in [0.05, 0.1) is 24.1 Å². The zero-order valence-electron chi connectivity index (χ0n) is 15.7. The summed E-state index contributed by atoms with van der Waals surface area (Å²) in [6.45, 7) is 8.88. The van der Waals surface area contributed by atoms with Crippen LogP contribution in [-0.4, -0.2) is 51.2 Å². The van der Waals surface area contributed by atoms with Crippen molar-refractivity contribution in [3.8, 4) is 0 Å². The average molecular weight is 356 g/mol. The molecule has 1 fully saturated rings. The second kappa shape index (κ2) is 7.27. The summed E-state index contributed by atoms with van der Waals surface area (Å²) in [6, 6.07) is 4.01. The van der Waals surface area contributed by atoms with Crippen LogP contribution in [0.3, 0.4) is 0 Å². The van der Waals surface area contributed by atoms with E-state index in [2.05, 4.69) is 16.9 Å². The first kappa shape index (κ1) is 17.3. The third kappa shape index (κ3) is 3.43. The molecule has 0 spiro atoms. The Morgan fingerprint density at radius 2 is 2.04 bits per heavy atom. The van der Waals surface area contributed by atoms with E-state index in [0.29, 0.717) is 17.9 Å². The Morgan fingerprint density at radius 1 is 1.23 bits per heavy atom. The summed E-state index contributed by atoms with van der Waals surface area (Å²) >= 11 is 0. The number of aromatic nitrogens is 2. The second-order valence-corrected chi connectivity index (χ2v) is 7.79. The minimum Gasteiger partial charge on any atom is -0.469 e. The number of hydrogen-bond donors (Lipinski definition) is 0. The van der Waals surface area contributed by atoms with Crippen LogP contribution in [0.2, 0.25) is 0 Å². The first-order valence-corrected chi connectivity index (χ1v) is 9.70. The number of nitrogens with zero attached hydrogens (tertiary/aromatic N) is 4. The van der Waals surface area contributed by atoms with Crippen LogP contribution in [-0.2, 0) is 13.1 Å². The van der Waals surface area contributed by atoms with E-state index in [-0.39, 0.29) is 11.9 Å². The number of rotatable bonds is 3. The number of likely N-dealkylation sites (tertiary alicyclic amines) is 1. The Labute approximate surface area is 154 Å². The van der Waals surface area contributed by atoms with Crippen LogP contribution in [0.4, 0.5) is 0 Å². The maximum Gasteiger partial charge on any atom is 0.258 e. The number of furan rings is 1. The molecule has 0 aromatic carbocycles. The van der Waals surface area contributed by atoms with Gasteiger partial charge >= 0.3 is 0 Å². The SMILES string of the molecule is Cc1occc1C(=O)N1Cc2ccnn2CC[C@@H]1CN1CCC(C)CC1. The lowest BCUT2D eigenvalue weighted by atomic mass is 9.98. The van der Waals surface area contributed by atoms with Gasteiger partial charge in [-0.15, -0.1) is 0 Å². The smallest absolute Gasteiger partial charge is 0.258 e. The number of piperidine rings is 1. The van der Waals surface area contributed by atoms with Gasteiger partial charge in [-0.3, -0.25) is 9.48 Å². The van der Waals surface area contributed by atoms with Gasteiger partial charge in [-0.05, 0) is 57.3 Å². The Balaban J connectivity index is 1.56. The Hall–Kier alpha value is -2.08. The van der Waals surface area contributed by atoms with E-state index in [4.69, 9.17) is 4.42 Å². The molecule has 1 atom stereocenters. The van der Waals surface area contributed by atoms with Crippen LogP contribution in [0.25, 0.3) is 0 Å². The third-order valence-corrected chi connectivity index (χ3v) is 5.95. The van der Waals surface area contributed by atoms with Crippen molar-refractivity contribution in [3.63, 3.8) is 0 Å². The quantitative estimate of drug-likeness (QED) is 0.848. The molecule has 6 heteroatoms. The van der Waals surface area contributed by atoms with Gasteiger partial charge in [0.15, 0.2) is 0 Å². The van der Waals surface area contributed by atoms with Gasteiger partial charge in [-0.25, -0.2) is 0 Å². The Bertz CT molecular complexity index is 757. The molecule has 6 nitrogen and oxygen atoms in total. The van der Waals surface area contributed by atoms with Gasteiger partial charge in [0.2, 0.25) is 0 Å². The van der Waals surface area contributed by atoms with E-state index in [1.165, 1.54) is 12.8 Å². The monoisotopic (exact) mass is 356 g/mol. The summed E-state index contributed by atoms with van der Waals surface area (Å²) in [6.07, 6.45) is 6.87. The zero-order chi connectivity index (χ0) is 18.1. The third-order valence-electron chi connectivity index (χ3n) is 5.95. The number of amides is 1. The molecule has 2 aliphatic heterocycles. The Morgan fingerprint density at radius 3 is 2.77 bits per heavy atom. The van der Waals surface area contributed by atoms with Gasteiger partial charge in [0, 0.05) is 25.3 Å². The standard InChI is InChI=1S/C20H28N4O2/c1-15-4-9-22(10-5-15)13-17-6-11-24-18(3-8-21-24)14-23(17)20(25)19-7-12-26-16(19)2/h3,7-8,12,15,17H,4-6,9-11,13-14H2,1-2H3/t17-/m1/s1. The molecule has 26 heavy (non-hydrogen) atoms. The molecule has 2 aliphatic rings. The van der Waals surface area contributed by atoms with Gasteiger partial charge < -0.3 is 14.2 Å². The summed E-state index contributed by atoms with van der Waals surface area (Å²) in [5.41, 5.74) is 1.78. The molecule has 4 rings (SSSR count). The second-order valence-electron chi connectivity index (χ2n) is 7.79. The highest BCUT2D eigenvalue weighted by Gasteiger charge is 2.32. The van der Waals surface area contributed by atoms with Crippen molar-refractivity contribution in [2.75, 3.05) is 19.6 Å². The van der Waals surface area contributed by atoms with Crippen molar-refractivity contribution in [2.45, 2.75) is 52.2 Å². The van der Waals surface area contributed by atoms with Crippen LogP contribution in [0.15, 0.2) is 29.0 Å². The summed E-state index contributed by atoms with van der Waals surface area (Å²) in [5.74, 6) is 1.58. The number of fused-ring (bicyclic) bond motifs is 1. The van der Waals surface area contributed by atoms with Crippen LogP contribution < -0.4 is 0 Å². The minimum atomic E-state index is 0.0706. The van der Waals surface area contributed by atoms with Crippen molar-refractivity contribution in [1.82, 2.24) is 19.6 Å². The largest absolute Gasteiger partial charge is 0.469 e. The molecule has 1 amide bonds. The van der Waals surface area contributed by atoms with Gasteiger partial charge in [0.1, 0.15) is 5.76 Å². The maximum absolute atomic E-state index is 13.3. The molecule has 140 valence electrons. The van der Waals surface area contributed by atoms with E-state index < -0.39 is 0 Å². The lowest BCUT2D eigenvalue weighted by Crippen LogP contribution is -2.48. The van der Waals surface area contributed by atoms with Crippen LogP contribution >= 0.6 is 0 Å². The maximum atomic E-state index is 13.3. The highest BCUT2D eigenvalue weighted by molar-refractivity contribution is 5.95. The average Bonchev–Trinajstić information content (AvgIpc) is 3.23. The minimum absolute atomic E-state index is 0.0706. The number of hydrogen-bond acceptors (Lipinski definition) is 4. The van der Waals surface area contributed by atoms with E-state index >= 15 is 0 Å². The van der Waals surface area contributed by atoms with Crippen LogP contribution in [0, 0.1) is 12.8 Å². The van der Waals surface area contributed by atoms with Crippen molar-refractivity contribution in [3.05, 3.63) is 41.6 Å². The van der Waals surface area contributed by atoms with E-state index in [9.17, 15) is 4.79 Å². The normalized spacial score (nSPS) is 22.2. The van der Waals surface area contributed by atoms with E-state index in [1.807, 2.05) is 28.8 Å². The molecule has 1 saturated heterocycles. The van der Waals surface area contributed by atoms with E-state index in [0.717, 1.165) is 44.2 Å². The number of carbonyl (C=O) groups excluding carboxylic acids is 1. The summed E-state index contributed by atoms with van der Waals surface area (Å²) in [5, 5.41) is 4.43. The van der Waals surface area contributed by atoms with Crippen molar-refractivity contribution in [1.29, 1.82) is 0 Å². The first-order valence-electron chi connectivity index (χ1n) is 9.70. The molecule has 2 aromatic rings. The molecule has 0 unspecified atom stereocenters. The lowest BCUT2D eigenvalue weighted by molar-refractivity contribution is 0.0574. The fourth-order valence-corrected chi connectivity index (χ4v) is 4.16. The van der Waals surface area contributed by atoms with E-state index in [1.54, 1.807) is 12.3 Å². The highest BCUT2D eigenvalue weighted by Crippen LogP contribution is 2.24. The van der Waals surface area contributed by atoms with Crippen molar-refractivity contribution >= 4 is 5.91 Å². The topological polar surface area (TPSA) is 54.5 Å². The fraction of sp³-hybridized carbons (Fsp3) is 0.600. The summed E-state index contributed by atoms with van der Waals surface area (Å²) < 4.78 is 7.43. The zero-order valence-corrected chi connectivity index (χ0v) is 15.7. The van der Waals surface area contributed by atoms with Gasteiger partial charge in [-0.1, -0.05) is 6.92 Å². The lowest BCUT2D eigenvalue weighted by Gasteiger charge is -2.37. The van der Waals surface area contributed by atoms with Gasteiger partial charge in [-0.2, -0.15) is 5.10 Å². The molecule has 2 aromatic heterocycles. The number of aryl methyl sites for hydroxylation is 2.